The van der Waals surface area contributed by atoms with E-state index in [0.717, 1.165) is 24.4 Å². The van der Waals surface area contributed by atoms with Gasteiger partial charge in [-0.15, -0.1) is 0 Å². The topological polar surface area (TPSA) is 25.2 Å². The summed E-state index contributed by atoms with van der Waals surface area (Å²) in [6.07, 6.45) is 0. The van der Waals surface area contributed by atoms with Gasteiger partial charge in [0.1, 0.15) is 11.3 Å². The number of hydrogen-bond acceptors (Lipinski definition) is 2. The number of benzene rings is 2. The van der Waals surface area contributed by atoms with E-state index in [0.29, 0.717) is 0 Å². The number of aryl methyl sites for hydroxylation is 1. The van der Waals surface area contributed by atoms with Crippen LogP contribution in [0.5, 0.6) is 0 Å². The number of rotatable bonds is 4. The van der Waals surface area contributed by atoms with Crippen LogP contribution in [0.25, 0.3) is 11.0 Å². The van der Waals surface area contributed by atoms with E-state index in [9.17, 15) is 0 Å². The fraction of sp³-hybridized carbons (Fsp3) is 0.176. The summed E-state index contributed by atoms with van der Waals surface area (Å²) in [6, 6.07) is 18.8. The van der Waals surface area contributed by atoms with Crippen molar-refractivity contribution >= 4 is 11.0 Å². The zero-order valence-electron chi connectivity index (χ0n) is 11.0. The summed E-state index contributed by atoms with van der Waals surface area (Å²) < 4.78 is 5.80. The van der Waals surface area contributed by atoms with Crippen LogP contribution in [-0.4, -0.2) is 0 Å². The molecule has 0 fully saturated rings. The van der Waals surface area contributed by atoms with Crippen molar-refractivity contribution < 1.29 is 4.42 Å². The third-order valence-electron chi connectivity index (χ3n) is 3.19. The Morgan fingerprint density at radius 2 is 1.79 bits per heavy atom. The zero-order valence-corrected chi connectivity index (χ0v) is 11.0. The molecule has 0 aliphatic heterocycles. The molecule has 0 aliphatic carbocycles. The molecule has 0 unspecified atom stereocenters. The first-order valence-electron chi connectivity index (χ1n) is 6.55. The lowest BCUT2D eigenvalue weighted by atomic mass is 10.2. The summed E-state index contributed by atoms with van der Waals surface area (Å²) in [4.78, 5) is 0. The Morgan fingerprint density at radius 1 is 0.947 bits per heavy atom. The highest BCUT2D eigenvalue weighted by Crippen LogP contribution is 2.20. The maximum atomic E-state index is 5.80. The molecule has 3 aromatic rings. The molecular formula is C17H17NO. The minimum absolute atomic E-state index is 0.753. The minimum atomic E-state index is 0.753. The third-order valence-corrected chi connectivity index (χ3v) is 3.19. The Balaban J connectivity index is 1.65. The molecule has 2 aromatic carbocycles. The second-order valence-electron chi connectivity index (χ2n) is 4.84. The number of nitrogens with one attached hydrogen (secondary N) is 1. The highest BCUT2D eigenvalue weighted by Gasteiger charge is 2.03. The molecule has 2 nitrogen and oxygen atoms in total. The predicted octanol–water partition coefficient (Wildman–Crippen LogP) is 4.03. The zero-order chi connectivity index (χ0) is 13.1. The molecule has 0 atom stereocenters. The first-order valence-corrected chi connectivity index (χ1v) is 6.55. The molecule has 0 radical (unpaired) electrons. The highest BCUT2D eigenvalue weighted by atomic mass is 16.3. The molecule has 0 saturated carbocycles. The van der Waals surface area contributed by atoms with Crippen LogP contribution >= 0.6 is 0 Å². The van der Waals surface area contributed by atoms with Crippen LogP contribution in [0, 0.1) is 6.92 Å². The van der Waals surface area contributed by atoms with Crippen molar-refractivity contribution in [3.8, 4) is 0 Å². The lowest BCUT2D eigenvalue weighted by Gasteiger charge is -2.02. The molecule has 0 saturated heterocycles. The minimum Gasteiger partial charge on any atom is -0.460 e. The Bertz CT molecular complexity index is 670. The SMILES string of the molecule is Cc1ccc2oc(CNCc3ccccc3)cc2c1. The third kappa shape index (κ3) is 2.85. The first kappa shape index (κ1) is 12.0. The van der Waals surface area contributed by atoms with Crippen LogP contribution in [0.3, 0.4) is 0 Å². The van der Waals surface area contributed by atoms with E-state index in [1.165, 1.54) is 16.5 Å². The van der Waals surface area contributed by atoms with Crippen molar-refractivity contribution in [2.24, 2.45) is 0 Å². The Morgan fingerprint density at radius 3 is 2.63 bits per heavy atom. The second kappa shape index (κ2) is 5.29. The van der Waals surface area contributed by atoms with Gasteiger partial charge in [-0.05, 0) is 30.7 Å². The molecule has 1 aromatic heterocycles. The number of furan rings is 1. The van der Waals surface area contributed by atoms with Crippen LogP contribution in [0.1, 0.15) is 16.9 Å². The highest BCUT2D eigenvalue weighted by molar-refractivity contribution is 5.78. The van der Waals surface area contributed by atoms with Gasteiger partial charge < -0.3 is 9.73 Å². The molecule has 0 amide bonds. The largest absolute Gasteiger partial charge is 0.460 e. The van der Waals surface area contributed by atoms with Crippen LogP contribution in [0.2, 0.25) is 0 Å². The normalized spacial score (nSPS) is 11.0. The molecule has 0 spiro atoms. The number of fused-ring (bicyclic) bond motifs is 1. The van der Waals surface area contributed by atoms with E-state index >= 15 is 0 Å². The smallest absolute Gasteiger partial charge is 0.134 e. The van der Waals surface area contributed by atoms with Gasteiger partial charge in [0.15, 0.2) is 0 Å². The van der Waals surface area contributed by atoms with Crippen LogP contribution in [0.4, 0.5) is 0 Å². The van der Waals surface area contributed by atoms with Gasteiger partial charge in [0.25, 0.3) is 0 Å². The molecule has 0 bridgehead atoms. The monoisotopic (exact) mass is 251 g/mol. The Hall–Kier alpha value is -2.06. The van der Waals surface area contributed by atoms with Crippen molar-refractivity contribution in [3.05, 3.63) is 71.5 Å². The summed E-state index contributed by atoms with van der Waals surface area (Å²) in [7, 11) is 0. The van der Waals surface area contributed by atoms with E-state index < -0.39 is 0 Å². The lowest BCUT2D eigenvalue weighted by molar-refractivity contribution is 0.513. The summed E-state index contributed by atoms with van der Waals surface area (Å²) >= 11 is 0. The fourth-order valence-corrected chi connectivity index (χ4v) is 2.23. The van der Waals surface area contributed by atoms with Gasteiger partial charge in [-0.25, -0.2) is 0 Å². The van der Waals surface area contributed by atoms with Crippen molar-refractivity contribution in [1.82, 2.24) is 5.32 Å². The van der Waals surface area contributed by atoms with Gasteiger partial charge in [-0.1, -0.05) is 42.0 Å². The fourth-order valence-electron chi connectivity index (χ4n) is 2.23. The maximum Gasteiger partial charge on any atom is 0.134 e. The summed E-state index contributed by atoms with van der Waals surface area (Å²) in [5.41, 5.74) is 3.51. The summed E-state index contributed by atoms with van der Waals surface area (Å²) in [5, 5.41) is 4.58. The van der Waals surface area contributed by atoms with Crippen molar-refractivity contribution in [1.29, 1.82) is 0 Å². The molecule has 0 aliphatic rings. The van der Waals surface area contributed by atoms with Gasteiger partial charge >= 0.3 is 0 Å². The van der Waals surface area contributed by atoms with Gasteiger partial charge in [-0.3, -0.25) is 0 Å². The molecule has 1 N–H and O–H groups in total. The van der Waals surface area contributed by atoms with Crippen molar-refractivity contribution in [3.63, 3.8) is 0 Å². The van der Waals surface area contributed by atoms with Crippen LogP contribution in [-0.2, 0) is 13.1 Å². The standard InChI is InChI=1S/C17H17NO/c1-13-7-8-17-15(9-13)10-16(19-17)12-18-11-14-5-3-2-4-6-14/h2-10,18H,11-12H2,1H3. The quantitative estimate of drug-likeness (QED) is 0.757. The molecule has 3 rings (SSSR count). The molecular weight excluding hydrogens is 234 g/mol. The lowest BCUT2D eigenvalue weighted by Crippen LogP contribution is -2.11. The number of hydrogen-bond donors (Lipinski definition) is 1. The molecule has 19 heavy (non-hydrogen) atoms. The van der Waals surface area contributed by atoms with E-state index in [1.807, 2.05) is 12.1 Å². The Labute approximate surface area is 113 Å². The van der Waals surface area contributed by atoms with Gasteiger partial charge in [0, 0.05) is 11.9 Å². The molecule has 1 heterocycles. The van der Waals surface area contributed by atoms with E-state index in [2.05, 4.69) is 54.7 Å². The van der Waals surface area contributed by atoms with Crippen molar-refractivity contribution in [2.45, 2.75) is 20.0 Å². The van der Waals surface area contributed by atoms with Crippen molar-refractivity contribution in [2.75, 3.05) is 0 Å². The van der Waals surface area contributed by atoms with E-state index in [1.54, 1.807) is 0 Å². The second-order valence-corrected chi connectivity index (χ2v) is 4.84. The average molecular weight is 251 g/mol. The average Bonchev–Trinajstić information content (AvgIpc) is 2.82. The summed E-state index contributed by atoms with van der Waals surface area (Å²) in [5.74, 6) is 0.983. The molecule has 2 heteroatoms. The van der Waals surface area contributed by atoms with E-state index in [4.69, 9.17) is 4.42 Å². The van der Waals surface area contributed by atoms with Gasteiger partial charge in [0.2, 0.25) is 0 Å². The van der Waals surface area contributed by atoms with E-state index in [-0.39, 0.29) is 0 Å². The van der Waals surface area contributed by atoms with Gasteiger partial charge in [0.05, 0.1) is 6.54 Å². The van der Waals surface area contributed by atoms with Crippen LogP contribution in [0.15, 0.2) is 59.0 Å². The maximum absolute atomic E-state index is 5.80. The predicted molar refractivity (Wildman–Crippen MR) is 77.9 cm³/mol. The first-order chi connectivity index (χ1) is 9.31. The summed E-state index contributed by atoms with van der Waals surface area (Å²) in [6.45, 7) is 3.71. The molecule has 96 valence electrons. The van der Waals surface area contributed by atoms with Crippen LogP contribution < -0.4 is 5.32 Å². The Kier molecular flexibility index (Phi) is 3.34. The van der Waals surface area contributed by atoms with Gasteiger partial charge in [-0.2, -0.15) is 0 Å².